The molecule has 20 heavy (non-hydrogen) atoms. The lowest BCUT2D eigenvalue weighted by atomic mass is 10.2. The van der Waals surface area contributed by atoms with E-state index in [1.54, 1.807) is 19.1 Å². The zero-order chi connectivity index (χ0) is 14.7. The first kappa shape index (κ1) is 14.6. The number of carbonyl (C=O) groups is 1. The maximum Gasteiger partial charge on any atom is 0.267 e. The van der Waals surface area contributed by atoms with E-state index in [0.29, 0.717) is 15.7 Å². The number of amides is 1. The van der Waals surface area contributed by atoms with E-state index in [1.165, 1.54) is 24.4 Å². The molecule has 0 aliphatic carbocycles. The largest absolute Gasteiger partial charge is 0.323 e. The van der Waals surface area contributed by atoms with Crippen LogP contribution in [0.3, 0.4) is 0 Å². The molecule has 0 bridgehead atoms. The highest BCUT2D eigenvalue weighted by atomic mass is 35.5. The van der Waals surface area contributed by atoms with Crippen molar-refractivity contribution in [2.24, 2.45) is 0 Å². The highest BCUT2D eigenvalue weighted by Gasteiger charge is 2.18. The first-order chi connectivity index (χ1) is 9.49. The van der Waals surface area contributed by atoms with Crippen molar-refractivity contribution in [1.82, 2.24) is 9.78 Å². The lowest BCUT2D eigenvalue weighted by Crippen LogP contribution is -2.32. The third kappa shape index (κ3) is 3.18. The minimum absolute atomic E-state index is 0.354. The predicted molar refractivity (Wildman–Crippen MR) is 78.3 cm³/mol. The van der Waals surface area contributed by atoms with Crippen molar-refractivity contribution in [3.63, 3.8) is 0 Å². The van der Waals surface area contributed by atoms with Gasteiger partial charge in [0.1, 0.15) is 6.04 Å². The van der Waals surface area contributed by atoms with Crippen molar-refractivity contribution < 1.29 is 4.79 Å². The van der Waals surface area contributed by atoms with E-state index in [1.807, 2.05) is 0 Å². The fourth-order valence-electron chi connectivity index (χ4n) is 1.60. The van der Waals surface area contributed by atoms with Crippen LogP contribution in [0, 0.1) is 0 Å². The Morgan fingerprint density at radius 2 is 2.10 bits per heavy atom. The number of anilines is 1. The first-order valence-electron chi connectivity index (χ1n) is 5.79. The quantitative estimate of drug-likeness (QED) is 0.948. The summed E-state index contributed by atoms with van der Waals surface area (Å²) >= 11 is 11.8. The van der Waals surface area contributed by atoms with Gasteiger partial charge >= 0.3 is 0 Å². The van der Waals surface area contributed by atoms with E-state index in [2.05, 4.69) is 10.4 Å². The molecule has 0 saturated heterocycles. The number of nitrogens with one attached hydrogen (secondary N) is 1. The number of benzene rings is 1. The maximum atomic E-state index is 12.1. The standard InChI is InChI=1S/C13H11Cl2N3O2/c1-8(18-12(19)3-2-6-16-18)13(20)17-11-7-9(14)4-5-10(11)15/h2-8H,1H3,(H,17,20). The molecular formula is C13H11Cl2N3O2. The molecule has 0 spiro atoms. The monoisotopic (exact) mass is 311 g/mol. The molecule has 1 heterocycles. The van der Waals surface area contributed by atoms with Crippen LogP contribution in [0.2, 0.25) is 10.0 Å². The van der Waals surface area contributed by atoms with Crippen LogP contribution in [0.4, 0.5) is 5.69 Å². The van der Waals surface area contributed by atoms with E-state index in [-0.39, 0.29) is 5.56 Å². The van der Waals surface area contributed by atoms with Crippen molar-refractivity contribution in [2.45, 2.75) is 13.0 Å². The molecule has 1 unspecified atom stereocenters. The van der Waals surface area contributed by atoms with Crippen molar-refractivity contribution in [2.75, 3.05) is 5.32 Å². The van der Waals surface area contributed by atoms with Crippen molar-refractivity contribution in [1.29, 1.82) is 0 Å². The second-order valence-corrected chi connectivity index (χ2v) is 4.94. The molecule has 7 heteroatoms. The Bertz CT molecular complexity index is 700. The minimum Gasteiger partial charge on any atom is -0.323 e. The van der Waals surface area contributed by atoms with Crippen LogP contribution in [0.1, 0.15) is 13.0 Å². The number of hydrogen-bond acceptors (Lipinski definition) is 3. The van der Waals surface area contributed by atoms with Crippen molar-refractivity contribution in [3.8, 4) is 0 Å². The summed E-state index contributed by atoms with van der Waals surface area (Å²) in [6.45, 7) is 1.57. The average molecular weight is 312 g/mol. The lowest BCUT2D eigenvalue weighted by molar-refractivity contribution is -0.119. The second-order valence-electron chi connectivity index (χ2n) is 4.10. The second kappa shape index (κ2) is 6.07. The molecule has 2 rings (SSSR count). The highest BCUT2D eigenvalue weighted by Crippen LogP contribution is 2.25. The average Bonchev–Trinajstić information content (AvgIpc) is 2.42. The van der Waals surface area contributed by atoms with Gasteiger partial charge in [-0.25, -0.2) is 4.68 Å². The summed E-state index contributed by atoms with van der Waals surface area (Å²) < 4.78 is 1.09. The summed E-state index contributed by atoms with van der Waals surface area (Å²) in [5.41, 5.74) is 0.0346. The minimum atomic E-state index is -0.765. The van der Waals surface area contributed by atoms with Crippen molar-refractivity contribution in [3.05, 3.63) is 56.9 Å². The van der Waals surface area contributed by atoms with Crippen LogP contribution >= 0.6 is 23.2 Å². The van der Waals surface area contributed by atoms with E-state index in [0.717, 1.165) is 4.68 Å². The van der Waals surface area contributed by atoms with Gasteiger partial charge in [-0.05, 0) is 31.2 Å². The predicted octanol–water partition coefficient (Wildman–Crippen LogP) is 2.75. The normalized spacial score (nSPS) is 11.9. The fourth-order valence-corrected chi connectivity index (χ4v) is 1.94. The third-order valence-electron chi connectivity index (χ3n) is 2.67. The molecule has 0 radical (unpaired) electrons. The van der Waals surface area contributed by atoms with Crippen LogP contribution in [0.25, 0.3) is 0 Å². The topological polar surface area (TPSA) is 64.0 Å². The summed E-state index contributed by atoms with van der Waals surface area (Å²) in [6.07, 6.45) is 1.44. The van der Waals surface area contributed by atoms with Gasteiger partial charge in [-0.3, -0.25) is 9.59 Å². The number of halogens is 2. The van der Waals surface area contributed by atoms with Gasteiger partial charge in [0.2, 0.25) is 5.91 Å². The smallest absolute Gasteiger partial charge is 0.267 e. The third-order valence-corrected chi connectivity index (χ3v) is 3.24. The molecule has 1 atom stereocenters. The van der Waals surface area contributed by atoms with E-state index in [9.17, 15) is 9.59 Å². The fraction of sp³-hybridized carbons (Fsp3) is 0.154. The Morgan fingerprint density at radius 3 is 2.80 bits per heavy atom. The van der Waals surface area contributed by atoms with E-state index in [4.69, 9.17) is 23.2 Å². The molecule has 0 aliphatic rings. The van der Waals surface area contributed by atoms with Crippen LogP contribution in [-0.4, -0.2) is 15.7 Å². The Kier molecular flexibility index (Phi) is 4.42. The van der Waals surface area contributed by atoms with Crippen LogP contribution in [-0.2, 0) is 4.79 Å². The molecule has 1 aromatic carbocycles. The molecule has 5 nitrogen and oxygen atoms in total. The van der Waals surface area contributed by atoms with Crippen LogP contribution in [0.15, 0.2) is 41.3 Å². The van der Waals surface area contributed by atoms with Gasteiger partial charge in [0, 0.05) is 17.3 Å². The number of nitrogens with zero attached hydrogens (tertiary/aromatic N) is 2. The molecule has 104 valence electrons. The Morgan fingerprint density at radius 1 is 1.35 bits per heavy atom. The van der Waals surface area contributed by atoms with Gasteiger partial charge in [0.25, 0.3) is 5.56 Å². The van der Waals surface area contributed by atoms with Gasteiger partial charge in [-0.2, -0.15) is 5.10 Å². The SMILES string of the molecule is CC(C(=O)Nc1cc(Cl)ccc1Cl)n1ncccc1=O. The molecular weight excluding hydrogens is 301 g/mol. The molecule has 0 fully saturated rings. The zero-order valence-corrected chi connectivity index (χ0v) is 12.0. The number of hydrogen-bond donors (Lipinski definition) is 1. The lowest BCUT2D eigenvalue weighted by Gasteiger charge is -2.14. The van der Waals surface area contributed by atoms with Gasteiger partial charge in [0.15, 0.2) is 0 Å². The van der Waals surface area contributed by atoms with Crippen LogP contribution in [0.5, 0.6) is 0 Å². The molecule has 0 aliphatic heterocycles. The highest BCUT2D eigenvalue weighted by molar-refractivity contribution is 6.35. The first-order valence-corrected chi connectivity index (χ1v) is 6.54. The summed E-state index contributed by atoms with van der Waals surface area (Å²) in [5.74, 6) is -0.407. The molecule has 0 saturated carbocycles. The Labute approximate surface area is 125 Å². The van der Waals surface area contributed by atoms with Gasteiger partial charge in [-0.15, -0.1) is 0 Å². The van der Waals surface area contributed by atoms with Crippen molar-refractivity contribution >= 4 is 34.8 Å². The van der Waals surface area contributed by atoms with E-state index < -0.39 is 11.9 Å². The Hall–Kier alpha value is -1.85. The summed E-state index contributed by atoms with van der Waals surface area (Å²) in [6, 6.07) is 6.82. The summed E-state index contributed by atoms with van der Waals surface area (Å²) in [7, 11) is 0. The van der Waals surface area contributed by atoms with Gasteiger partial charge in [0.05, 0.1) is 10.7 Å². The van der Waals surface area contributed by atoms with Gasteiger partial charge < -0.3 is 5.32 Å². The number of carbonyl (C=O) groups excluding carboxylic acids is 1. The summed E-state index contributed by atoms with van der Waals surface area (Å²) in [4.78, 5) is 23.7. The number of aromatic nitrogens is 2. The summed E-state index contributed by atoms with van der Waals surface area (Å²) in [5, 5.41) is 7.30. The maximum absolute atomic E-state index is 12.1. The molecule has 1 N–H and O–H groups in total. The molecule has 1 amide bonds. The Balaban J connectivity index is 2.22. The molecule has 2 aromatic rings. The zero-order valence-electron chi connectivity index (χ0n) is 10.5. The number of rotatable bonds is 3. The van der Waals surface area contributed by atoms with E-state index >= 15 is 0 Å². The van der Waals surface area contributed by atoms with Crippen LogP contribution < -0.4 is 10.9 Å². The van der Waals surface area contributed by atoms with Gasteiger partial charge in [-0.1, -0.05) is 23.2 Å². The molecule has 1 aromatic heterocycles.